The van der Waals surface area contributed by atoms with Crippen LogP contribution in [-0.4, -0.2) is 36.5 Å². The van der Waals surface area contributed by atoms with Gasteiger partial charge in [-0.05, 0) is 66.6 Å². The highest BCUT2D eigenvalue weighted by Crippen LogP contribution is 2.22. The molecule has 1 aliphatic rings. The van der Waals surface area contributed by atoms with Crippen LogP contribution < -0.4 is 5.32 Å². The van der Waals surface area contributed by atoms with Crippen LogP contribution in [0.25, 0.3) is 0 Å². The summed E-state index contributed by atoms with van der Waals surface area (Å²) in [4.78, 5) is 14.9. The summed E-state index contributed by atoms with van der Waals surface area (Å²) >= 11 is 5.70. The zero-order valence-corrected chi connectivity index (χ0v) is 15.4. The Labute approximate surface area is 142 Å². The van der Waals surface area contributed by atoms with Crippen molar-refractivity contribution < 1.29 is 4.79 Å². The first-order chi connectivity index (χ1) is 9.63. The highest BCUT2D eigenvalue weighted by molar-refractivity contribution is 14.1. The zero-order chi connectivity index (χ0) is 14.5. The summed E-state index contributed by atoms with van der Waals surface area (Å²) < 4.78 is 1.97. The van der Waals surface area contributed by atoms with Crippen LogP contribution in [0.5, 0.6) is 0 Å². The van der Waals surface area contributed by atoms with E-state index in [0.717, 1.165) is 52.5 Å². The molecule has 20 heavy (non-hydrogen) atoms. The average molecular weight is 451 g/mol. The number of carbonyl (C=O) groups excluding carboxylic acids is 1. The molecule has 1 N–H and O–H groups in total. The van der Waals surface area contributed by atoms with Crippen molar-refractivity contribution in [1.29, 1.82) is 0 Å². The molecule has 1 aliphatic heterocycles. The van der Waals surface area contributed by atoms with E-state index in [9.17, 15) is 4.79 Å². The molecule has 0 spiro atoms. The second kappa shape index (κ2) is 7.75. The molecule has 2 rings (SSSR count). The van der Waals surface area contributed by atoms with Gasteiger partial charge in [0.15, 0.2) is 0 Å². The lowest BCUT2D eigenvalue weighted by atomic mass is 10.0. The quantitative estimate of drug-likeness (QED) is 0.710. The van der Waals surface area contributed by atoms with E-state index in [0.29, 0.717) is 6.04 Å². The molecule has 0 bridgehead atoms. The van der Waals surface area contributed by atoms with Crippen LogP contribution in [0.15, 0.2) is 22.7 Å². The third-order valence-electron chi connectivity index (χ3n) is 3.60. The van der Waals surface area contributed by atoms with Crippen molar-refractivity contribution in [3.8, 4) is 0 Å². The molecular weight excluding hydrogens is 431 g/mol. The number of carbonyl (C=O) groups is 1. The fourth-order valence-electron chi connectivity index (χ4n) is 2.61. The molecule has 0 aromatic heterocycles. The second-order valence-electron chi connectivity index (χ2n) is 5.12. The maximum absolute atomic E-state index is 12.9. The van der Waals surface area contributed by atoms with Crippen molar-refractivity contribution >= 4 is 44.4 Å². The molecule has 1 aromatic rings. The number of nitrogens with one attached hydrogen (secondary N) is 1. The lowest BCUT2D eigenvalue weighted by Crippen LogP contribution is -2.49. The third kappa shape index (κ3) is 3.95. The number of halogens is 2. The molecule has 0 radical (unpaired) electrons. The van der Waals surface area contributed by atoms with Gasteiger partial charge in [0.2, 0.25) is 0 Å². The van der Waals surface area contributed by atoms with Crippen LogP contribution in [0.1, 0.15) is 36.5 Å². The van der Waals surface area contributed by atoms with Gasteiger partial charge in [0, 0.05) is 27.2 Å². The van der Waals surface area contributed by atoms with E-state index in [1.54, 1.807) is 0 Å². The number of hydrogen-bond donors (Lipinski definition) is 1. The summed E-state index contributed by atoms with van der Waals surface area (Å²) in [6.07, 6.45) is 3.24. The molecule has 1 saturated heterocycles. The predicted molar refractivity (Wildman–Crippen MR) is 94.1 cm³/mol. The van der Waals surface area contributed by atoms with Gasteiger partial charge in [-0.2, -0.15) is 0 Å². The summed E-state index contributed by atoms with van der Waals surface area (Å²) in [7, 11) is 0. The van der Waals surface area contributed by atoms with E-state index in [-0.39, 0.29) is 5.91 Å². The Kier molecular flexibility index (Phi) is 6.29. The van der Waals surface area contributed by atoms with Gasteiger partial charge in [-0.3, -0.25) is 4.79 Å². The summed E-state index contributed by atoms with van der Waals surface area (Å²) in [5.41, 5.74) is 0.805. The Hall–Kier alpha value is -0.140. The molecule has 0 aliphatic carbocycles. The number of rotatable bonds is 4. The first-order valence-electron chi connectivity index (χ1n) is 7.10. The van der Waals surface area contributed by atoms with E-state index >= 15 is 0 Å². The van der Waals surface area contributed by atoms with Crippen molar-refractivity contribution in [3.63, 3.8) is 0 Å². The Bertz CT molecular complexity index is 475. The van der Waals surface area contributed by atoms with Gasteiger partial charge < -0.3 is 10.2 Å². The first-order valence-corrected chi connectivity index (χ1v) is 8.97. The van der Waals surface area contributed by atoms with Gasteiger partial charge in [-0.15, -0.1) is 0 Å². The highest BCUT2D eigenvalue weighted by atomic mass is 127. The minimum absolute atomic E-state index is 0.159. The molecule has 1 amide bonds. The second-order valence-corrected chi connectivity index (χ2v) is 7.20. The van der Waals surface area contributed by atoms with Crippen molar-refractivity contribution in [2.24, 2.45) is 0 Å². The lowest BCUT2D eigenvalue weighted by Gasteiger charge is -2.35. The fourth-order valence-corrected chi connectivity index (χ4v) is 3.53. The largest absolute Gasteiger partial charge is 0.334 e. The maximum atomic E-state index is 12.9. The molecule has 1 unspecified atom stereocenters. The number of benzene rings is 1. The molecule has 5 heteroatoms. The molecule has 1 atom stereocenters. The van der Waals surface area contributed by atoms with Crippen LogP contribution in [0.3, 0.4) is 0 Å². The summed E-state index contributed by atoms with van der Waals surface area (Å²) in [6, 6.07) is 6.22. The van der Waals surface area contributed by atoms with E-state index in [1.165, 1.54) is 0 Å². The summed E-state index contributed by atoms with van der Waals surface area (Å²) in [5, 5.41) is 3.40. The molecule has 0 saturated carbocycles. The van der Waals surface area contributed by atoms with Crippen molar-refractivity contribution in [2.75, 3.05) is 19.6 Å². The fraction of sp³-hybridized carbons (Fsp3) is 0.533. The zero-order valence-electron chi connectivity index (χ0n) is 11.7. The third-order valence-corrected chi connectivity index (χ3v) is 5.03. The molecule has 1 aromatic carbocycles. The highest BCUT2D eigenvalue weighted by Gasteiger charge is 2.26. The number of amides is 1. The molecular formula is C15H20BrIN2O. The number of nitrogens with zero attached hydrogens (tertiary/aromatic N) is 1. The smallest absolute Gasteiger partial charge is 0.255 e. The summed E-state index contributed by atoms with van der Waals surface area (Å²) in [6.45, 7) is 4.94. The molecule has 1 heterocycles. The van der Waals surface area contributed by atoms with E-state index in [2.05, 4.69) is 55.7 Å². The Morgan fingerprint density at radius 2 is 2.35 bits per heavy atom. The van der Waals surface area contributed by atoms with E-state index < -0.39 is 0 Å². The maximum Gasteiger partial charge on any atom is 0.255 e. The average Bonchev–Trinajstić information content (AvgIpc) is 2.47. The van der Waals surface area contributed by atoms with Crippen LogP contribution in [0, 0.1) is 3.57 Å². The monoisotopic (exact) mass is 450 g/mol. The van der Waals surface area contributed by atoms with Gasteiger partial charge in [-0.25, -0.2) is 0 Å². The van der Waals surface area contributed by atoms with Crippen LogP contribution in [0.4, 0.5) is 0 Å². The van der Waals surface area contributed by atoms with Gasteiger partial charge >= 0.3 is 0 Å². The minimum Gasteiger partial charge on any atom is -0.334 e. The van der Waals surface area contributed by atoms with Crippen LogP contribution in [0.2, 0.25) is 0 Å². The van der Waals surface area contributed by atoms with Crippen LogP contribution >= 0.6 is 38.5 Å². The van der Waals surface area contributed by atoms with E-state index in [1.807, 2.05) is 18.2 Å². The van der Waals surface area contributed by atoms with Crippen LogP contribution in [-0.2, 0) is 0 Å². The summed E-state index contributed by atoms with van der Waals surface area (Å²) in [5.74, 6) is 0.159. The Morgan fingerprint density at radius 1 is 1.55 bits per heavy atom. The Balaban J connectivity index is 2.23. The van der Waals surface area contributed by atoms with Gasteiger partial charge in [-0.1, -0.05) is 22.9 Å². The van der Waals surface area contributed by atoms with Gasteiger partial charge in [0.1, 0.15) is 0 Å². The standard InChI is InChI=1S/C15H20BrIN2O/c1-2-8-19(12-4-3-7-18-10-12)15(20)13-9-11(16)5-6-14(13)17/h5-6,9,12,18H,2-4,7-8,10H2,1H3. The lowest BCUT2D eigenvalue weighted by molar-refractivity contribution is 0.0648. The molecule has 3 nitrogen and oxygen atoms in total. The molecule has 110 valence electrons. The predicted octanol–water partition coefficient (Wildman–Crippen LogP) is 3.66. The van der Waals surface area contributed by atoms with Crippen molar-refractivity contribution in [2.45, 2.75) is 32.2 Å². The van der Waals surface area contributed by atoms with Crippen molar-refractivity contribution in [3.05, 3.63) is 31.8 Å². The van der Waals surface area contributed by atoms with Gasteiger partial charge in [0.05, 0.1) is 5.56 Å². The Morgan fingerprint density at radius 3 is 3.00 bits per heavy atom. The topological polar surface area (TPSA) is 32.3 Å². The number of hydrogen-bond acceptors (Lipinski definition) is 2. The SMILES string of the molecule is CCCN(C(=O)c1cc(Br)ccc1I)C1CCCNC1. The molecule has 1 fully saturated rings. The first kappa shape index (κ1) is 16.2. The van der Waals surface area contributed by atoms with Gasteiger partial charge in [0.25, 0.3) is 5.91 Å². The number of piperidine rings is 1. The normalized spacial score (nSPS) is 18.9. The minimum atomic E-state index is 0.159. The van der Waals surface area contributed by atoms with E-state index in [4.69, 9.17) is 0 Å². The van der Waals surface area contributed by atoms with Crippen molar-refractivity contribution in [1.82, 2.24) is 10.2 Å².